The summed E-state index contributed by atoms with van der Waals surface area (Å²) in [5.74, 6) is 0.732. The van der Waals surface area contributed by atoms with Crippen LogP contribution in [0.3, 0.4) is 0 Å². The molecular weight excluding hydrogens is 334 g/mol. The summed E-state index contributed by atoms with van der Waals surface area (Å²) in [4.78, 5) is 12.1. The maximum atomic E-state index is 12.1. The summed E-state index contributed by atoms with van der Waals surface area (Å²) >= 11 is 3.37. The fraction of sp³-hybridized carbons (Fsp3) is 0.733. The number of nitrogens with one attached hydrogen (secondary N) is 1. The Bertz CT molecular complexity index is 488. The molecule has 1 heterocycles. The molecule has 0 saturated heterocycles. The molecule has 21 heavy (non-hydrogen) atoms. The van der Waals surface area contributed by atoms with E-state index in [1.54, 1.807) is 13.3 Å². The molecule has 0 aliphatic heterocycles. The minimum absolute atomic E-state index is 0.133. The standard InChI is InChI=1S/C15H26BrN3O2/c1-11(2)6-5-7-12(3)18-13-10-17-19(8-9-21-4)15(20)14(13)16/h10-12,18H,5-9H2,1-4H3. The fourth-order valence-corrected chi connectivity index (χ4v) is 2.49. The van der Waals surface area contributed by atoms with Gasteiger partial charge in [0.2, 0.25) is 0 Å². The van der Waals surface area contributed by atoms with Crippen molar-refractivity contribution in [3.8, 4) is 0 Å². The Balaban J connectivity index is 2.63. The molecule has 0 aliphatic rings. The van der Waals surface area contributed by atoms with Gasteiger partial charge in [-0.15, -0.1) is 0 Å². The van der Waals surface area contributed by atoms with Crippen molar-refractivity contribution in [2.45, 2.75) is 52.6 Å². The van der Waals surface area contributed by atoms with Gasteiger partial charge in [0.15, 0.2) is 0 Å². The Kier molecular flexibility index (Phi) is 7.96. The summed E-state index contributed by atoms with van der Waals surface area (Å²) < 4.78 is 6.91. The van der Waals surface area contributed by atoms with Crippen LogP contribution < -0.4 is 10.9 Å². The molecule has 1 aromatic heterocycles. The van der Waals surface area contributed by atoms with Crippen LogP contribution in [0.1, 0.15) is 40.0 Å². The number of halogens is 1. The van der Waals surface area contributed by atoms with Crippen molar-refractivity contribution < 1.29 is 4.74 Å². The van der Waals surface area contributed by atoms with E-state index in [0.29, 0.717) is 23.7 Å². The number of hydrogen-bond acceptors (Lipinski definition) is 4. The first kappa shape index (κ1) is 18.2. The molecule has 0 aliphatic carbocycles. The summed E-state index contributed by atoms with van der Waals surface area (Å²) in [6.07, 6.45) is 5.18. The number of rotatable bonds is 9. The molecule has 0 amide bonds. The van der Waals surface area contributed by atoms with Crippen LogP contribution in [0.15, 0.2) is 15.5 Å². The second kappa shape index (κ2) is 9.20. The Hall–Kier alpha value is -0.880. The molecule has 1 rings (SSSR count). The fourth-order valence-electron chi connectivity index (χ4n) is 2.07. The summed E-state index contributed by atoms with van der Waals surface area (Å²) in [5, 5.41) is 7.52. The third-order valence-corrected chi connectivity index (χ3v) is 4.08. The van der Waals surface area contributed by atoms with Gasteiger partial charge in [0.25, 0.3) is 5.56 Å². The average Bonchev–Trinajstić information content (AvgIpc) is 2.43. The molecule has 6 heteroatoms. The van der Waals surface area contributed by atoms with Gasteiger partial charge in [0.05, 0.1) is 25.0 Å². The van der Waals surface area contributed by atoms with Crippen LogP contribution in [0.5, 0.6) is 0 Å². The number of ether oxygens (including phenoxy) is 1. The molecule has 0 bridgehead atoms. The highest BCUT2D eigenvalue weighted by Crippen LogP contribution is 2.19. The van der Waals surface area contributed by atoms with E-state index in [1.807, 2.05) is 0 Å². The smallest absolute Gasteiger partial charge is 0.283 e. The Morgan fingerprint density at radius 3 is 2.71 bits per heavy atom. The minimum atomic E-state index is -0.133. The minimum Gasteiger partial charge on any atom is -0.383 e. The van der Waals surface area contributed by atoms with Crippen molar-refractivity contribution >= 4 is 21.6 Å². The van der Waals surface area contributed by atoms with E-state index in [-0.39, 0.29) is 5.56 Å². The highest BCUT2D eigenvalue weighted by atomic mass is 79.9. The lowest BCUT2D eigenvalue weighted by Crippen LogP contribution is -2.27. The highest BCUT2D eigenvalue weighted by Gasteiger charge is 2.11. The lowest BCUT2D eigenvalue weighted by molar-refractivity contribution is 0.181. The van der Waals surface area contributed by atoms with Gasteiger partial charge >= 0.3 is 0 Å². The second-order valence-corrected chi connectivity index (χ2v) is 6.56. The molecule has 0 spiro atoms. The molecule has 1 N–H and O–H groups in total. The number of hydrogen-bond donors (Lipinski definition) is 1. The van der Waals surface area contributed by atoms with Gasteiger partial charge in [-0.2, -0.15) is 5.10 Å². The van der Waals surface area contributed by atoms with Gasteiger partial charge in [0.1, 0.15) is 4.47 Å². The normalized spacial score (nSPS) is 12.7. The van der Waals surface area contributed by atoms with Crippen LogP contribution in [-0.4, -0.2) is 29.5 Å². The van der Waals surface area contributed by atoms with Crippen LogP contribution in [0.4, 0.5) is 5.69 Å². The van der Waals surface area contributed by atoms with Gasteiger partial charge in [-0.3, -0.25) is 4.79 Å². The first-order valence-corrected chi connectivity index (χ1v) is 8.26. The van der Waals surface area contributed by atoms with Crippen LogP contribution in [0, 0.1) is 5.92 Å². The molecule has 0 fully saturated rings. The highest BCUT2D eigenvalue weighted by molar-refractivity contribution is 9.10. The Morgan fingerprint density at radius 2 is 2.10 bits per heavy atom. The largest absolute Gasteiger partial charge is 0.383 e. The topological polar surface area (TPSA) is 56.1 Å². The van der Waals surface area contributed by atoms with Gasteiger partial charge in [-0.1, -0.05) is 26.7 Å². The predicted molar refractivity (Wildman–Crippen MR) is 89.8 cm³/mol. The third-order valence-electron chi connectivity index (χ3n) is 3.31. The lowest BCUT2D eigenvalue weighted by atomic mass is 10.0. The SMILES string of the molecule is COCCn1ncc(NC(C)CCCC(C)C)c(Br)c1=O. The summed E-state index contributed by atoms with van der Waals surface area (Å²) in [7, 11) is 1.61. The third kappa shape index (κ3) is 6.18. The molecular formula is C15H26BrN3O2. The van der Waals surface area contributed by atoms with Gasteiger partial charge in [-0.25, -0.2) is 4.68 Å². The van der Waals surface area contributed by atoms with Crippen LogP contribution >= 0.6 is 15.9 Å². The first-order valence-electron chi connectivity index (χ1n) is 7.46. The van der Waals surface area contributed by atoms with Crippen molar-refractivity contribution in [2.24, 2.45) is 5.92 Å². The van der Waals surface area contributed by atoms with Crippen LogP contribution in [0.25, 0.3) is 0 Å². The average molecular weight is 360 g/mol. The van der Waals surface area contributed by atoms with Crippen molar-refractivity contribution in [3.63, 3.8) is 0 Å². The summed E-state index contributed by atoms with van der Waals surface area (Å²) in [5.41, 5.74) is 0.622. The maximum absolute atomic E-state index is 12.1. The van der Waals surface area contributed by atoms with E-state index in [2.05, 4.69) is 47.1 Å². The van der Waals surface area contributed by atoms with E-state index >= 15 is 0 Å². The number of methoxy groups -OCH3 is 1. The van der Waals surface area contributed by atoms with Crippen molar-refractivity contribution in [1.82, 2.24) is 9.78 Å². The van der Waals surface area contributed by atoms with E-state index in [9.17, 15) is 4.79 Å². The Labute approximate surface area is 135 Å². The molecule has 0 aromatic carbocycles. The van der Waals surface area contributed by atoms with E-state index in [4.69, 9.17) is 4.74 Å². The summed E-state index contributed by atoms with van der Waals surface area (Å²) in [6.45, 7) is 7.52. The predicted octanol–water partition coefficient (Wildman–Crippen LogP) is 3.28. The van der Waals surface area contributed by atoms with E-state index in [1.165, 1.54) is 17.5 Å². The molecule has 120 valence electrons. The maximum Gasteiger partial charge on any atom is 0.283 e. The van der Waals surface area contributed by atoms with Gasteiger partial charge in [0, 0.05) is 13.2 Å². The first-order chi connectivity index (χ1) is 9.95. The zero-order chi connectivity index (χ0) is 15.8. The van der Waals surface area contributed by atoms with Crippen molar-refractivity contribution in [3.05, 3.63) is 21.0 Å². The molecule has 1 unspecified atom stereocenters. The number of nitrogens with zero attached hydrogens (tertiary/aromatic N) is 2. The molecule has 1 aromatic rings. The monoisotopic (exact) mass is 359 g/mol. The van der Waals surface area contributed by atoms with Gasteiger partial charge < -0.3 is 10.1 Å². The molecule has 1 atom stereocenters. The zero-order valence-electron chi connectivity index (χ0n) is 13.4. The molecule has 0 radical (unpaired) electrons. The van der Waals surface area contributed by atoms with Crippen LogP contribution in [0.2, 0.25) is 0 Å². The van der Waals surface area contributed by atoms with Crippen molar-refractivity contribution in [2.75, 3.05) is 19.0 Å². The van der Waals surface area contributed by atoms with Crippen molar-refractivity contribution in [1.29, 1.82) is 0 Å². The zero-order valence-corrected chi connectivity index (χ0v) is 14.9. The quantitative estimate of drug-likeness (QED) is 0.734. The van der Waals surface area contributed by atoms with E-state index < -0.39 is 0 Å². The molecule has 5 nitrogen and oxygen atoms in total. The second-order valence-electron chi connectivity index (χ2n) is 5.76. The lowest BCUT2D eigenvalue weighted by Gasteiger charge is -2.17. The van der Waals surface area contributed by atoms with Gasteiger partial charge in [-0.05, 0) is 35.2 Å². The number of anilines is 1. The van der Waals surface area contributed by atoms with E-state index in [0.717, 1.165) is 18.0 Å². The Morgan fingerprint density at radius 1 is 1.38 bits per heavy atom. The van der Waals surface area contributed by atoms with Crippen LogP contribution in [-0.2, 0) is 11.3 Å². The molecule has 0 saturated carbocycles. The number of aromatic nitrogens is 2. The summed E-state index contributed by atoms with van der Waals surface area (Å²) in [6, 6.07) is 0.316.